The number of nitrogens with zero attached hydrogens (tertiary/aromatic N) is 2. The van der Waals surface area contributed by atoms with Gasteiger partial charge in [-0.05, 0) is 18.3 Å². The molecule has 0 aromatic carbocycles. The van der Waals surface area contributed by atoms with Crippen LogP contribution in [0.1, 0.15) is 38.4 Å². The summed E-state index contributed by atoms with van der Waals surface area (Å²) in [6.07, 6.45) is 1.99. The first-order valence-corrected chi connectivity index (χ1v) is 8.15. The quantitative estimate of drug-likeness (QED) is 0.890. The summed E-state index contributed by atoms with van der Waals surface area (Å²) in [5, 5.41) is 4.45. The maximum Gasteiger partial charge on any atom is 0.151 e. The molecule has 18 heavy (non-hydrogen) atoms. The molecule has 1 heterocycles. The smallest absolute Gasteiger partial charge is 0.151 e. The van der Waals surface area contributed by atoms with Crippen LogP contribution >= 0.6 is 0 Å². The van der Waals surface area contributed by atoms with Gasteiger partial charge in [0, 0.05) is 11.3 Å². The number of fused-ring (bicyclic) bond motifs is 1. The number of hydrogen-bond acceptors (Lipinski definition) is 4. The summed E-state index contributed by atoms with van der Waals surface area (Å²) in [5.41, 5.74) is 8.31. The third-order valence-electron chi connectivity index (χ3n) is 3.78. The summed E-state index contributed by atoms with van der Waals surface area (Å²) in [6, 6.07) is 0. The van der Waals surface area contributed by atoms with Gasteiger partial charge in [0.05, 0.1) is 18.0 Å². The molecule has 0 unspecified atom stereocenters. The van der Waals surface area contributed by atoms with Crippen LogP contribution in [0.4, 0.5) is 5.82 Å². The lowest BCUT2D eigenvalue weighted by molar-refractivity contribution is 0.514. The maximum atomic E-state index is 11.5. The van der Waals surface area contributed by atoms with Crippen LogP contribution in [-0.2, 0) is 28.2 Å². The summed E-state index contributed by atoms with van der Waals surface area (Å²) in [4.78, 5) is 0. The Morgan fingerprint density at radius 3 is 2.67 bits per heavy atom. The number of anilines is 1. The molecular weight excluding hydrogens is 250 g/mol. The van der Waals surface area contributed by atoms with Crippen molar-refractivity contribution >= 4 is 15.7 Å². The number of hydrogen-bond donors (Lipinski definition) is 1. The second-order valence-corrected chi connectivity index (χ2v) is 8.02. The van der Waals surface area contributed by atoms with E-state index in [0.717, 1.165) is 24.1 Å². The van der Waals surface area contributed by atoms with Crippen molar-refractivity contribution in [3.8, 4) is 0 Å². The minimum absolute atomic E-state index is 0.0568. The predicted octanol–water partition coefficient (Wildman–Crippen LogP) is 1.12. The fourth-order valence-electron chi connectivity index (χ4n) is 2.54. The number of rotatable bonds is 4. The zero-order valence-electron chi connectivity index (χ0n) is 11.2. The predicted molar refractivity (Wildman–Crippen MR) is 72.3 cm³/mol. The van der Waals surface area contributed by atoms with Gasteiger partial charge in [0.2, 0.25) is 0 Å². The molecule has 0 fully saturated rings. The molecule has 0 bridgehead atoms. The number of nitrogen functional groups attached to an aromatic ring is 1. The van der Waals surface area contributed by atoms with E-state index in [1.165, 1.54) is 0 Å². The summed E-state index contributed by atoms with van der Waals surface area (Å²) >= 11 is 0. The summed E-state index contributed by atoms with van der Waals surface area (Å²) in [6.45, 7) is 6.32. The molecular formula is C12H21N3O2S. The molecule has 1 aromatic heterocycles. The normalized spacial score (nSPS) is 17.9. The molecule has 0 amide bonds. The molecule has 5 nitrogen and oxygen atoms in total. The lowest BCUT2D eigenvalue weighted by Crippen LogP contribution is -2.19. The lowest BCUT2D eigenvalue weighted by atomic mass is 9.87. The Morgan fingerprint density at radius 1 is 1.44 bits per heavy atom. The van der Waals surface area contributed by atoms with Gasteiger partial charge in [-0.2, -0.15) is 5.10 Å². The first-order chi connectivity index (χ1) is 8.27. The minimum atomic E-state index is -2.97. The van der Waals surface area contributed by atoms with Gasteiger partial charge in [-0.15, -0.1) is 0 Å². The molecule has 0 spiro atoms. The second kappa shape index (κ2) is 4.26. The molecule has 0 saturated heterocycles. The van der Waals surface area contributed by atoms with Crippen LogP contribution in [0.15, 0.2) is 0 Å². The average molecular weight is 271 g/mol. The Labute approximate surface area is 108 Å². The van der Waals surface area contributed by atoms with Gasteiger partial charge in [0.25, 0.3) is 0 Å². The van der Waals surface area contributed by atoms with E-state index in [1.807, 2.05) is 0 Å². The van der Waals surface area contributed by atoms with Crippen LogP contribution in [0.25, 0.3) is 0 Å². The third kappa shape index (κ3) is 2.25. The van der Waals surface area contributed by atoms with Crippen molar-refractivity contribution in [2.75, 3.05) is 17.2 Å². The Kier molecular flexibility index (Phi) is 3.17. The molecule has 102 valence electrons. The van der Waals surface area contributed by atoms with E-state index >= 15 is 0 Å². The topological polar surface area (TPSA) is 78.0 Å². The standard InChI is InChI=1S/C12H21N3O2S/c1-4-18(16,17)8-7-15-11(13)10-9(14-15)5-6-12(10,2)3/h4-8,13H2,1-3H3. The maximum absolute atomic E-state index is 11.5. The highest BCUT2D eigenvalue weighted by molar-refractivity contribution is 7.91. The van der Waals surface area contributed by atoms with Crippen molar-refractivity contribution < 1.29 is 8.42 Å². The molecule has 2 N–H and O–H groups in total. The average Bonchev–Trinajstić information content (AvgIpc) is 2.76. The number of sulfone groups is 1. The Morgan fingerprint density at radius 2 is 2.11 bits per heavy atom. The van der Waals surface area contributed by atoms with E-state index in [2.05, 4.69) is 18.9 Å². The van der Waals surface area contributed by atoms with E-state index < -0.39 is 9.84 Å². The van der Waals surface area contributed by atoms with Crippen LogP contribution in [-0.4, -0.2) is 29.7 Å². The van der Waals surface area contributed by atoms with Gasteiger partial charge in [-0.3, -0.25) is 0 Å². The molecule has 1 aliphatic carbocycles. The molecule has 0 atom stereocenters. The Hall–Kier alpha value is -1.04. The fraction of sp³-hybridized carbons (Fsp3) is 0.750. The van der Waals surface area contributed by atoms with Crippen molar-refractivity contribution in [2.45, 2.75) is 45.6 Å². The van der Waals surface area contributed by atoms with Crippen LogP contribution < -0.4 is 5.73 Å². The summed E-state index contributed by atoms with van der Waals surface area (Å²) in [7, 11) is -2.97. The van der Waals surface area contributed by atoms with Crippen LogP contribution in [0.3, 0.4) is 0 Å². The SMILES string of the molecule is CCS(=O)(=O)CCn1nc2c(c1N)C(C)(C)CC2. The van der Waals surface area contributed by atoms with Crippen LogP contribution in [0.5, 0.6) is 0 Å². The molecule has 0 saturated carbocycles. The van der Waals surface area contributed by atoms with Crippen molar-refractivity contribution in [1.82, 2.24) is 9.78 Å². The molecule has 1 aliphatic rings. The largest absolute Gasteiger partial charge is 0.384 e. The molecule has 2 rings (SSSR count). The van der Waals surface area contributed by atoms with E-state index in [9.17, 15) is 8.42 Å². The van der Waals surface area contributed by atoms with Gasteiger partial charge < -0.3 is 5.73 Å². The van der Waals surface area contributed by atoms with E-state index in [1.54, 1.807) is 11.6 Å². The van der Waals surface area contributed by atoms with Crippen LogP contribution in [0.2, 0.25) is 0 Å². The first-order valence-electron chi connectivity index (χ1n) is 6.33. The second-order valence-electron chi connectivity index (χ2n) is 5.55. The molecule has 6 heteroatoms. The highest BCUT2D eigenvalue weighted by Crippen LogP contribution is 2.41. The highest BCUT2D eigenvalue weighted by Gasteiger charge is 2.35. The van der Waals surface area contributed by atoms with Crippen LogP contribution in [0, 0.1) is 0 Å². The van der Waals surface area contributed by atoms with E-state index in [0.29, 0.717) is 12.4 Å². The lowest BCUT2D eigenvalue weighted by Gasteiger charge is -2.18. The fourth-order valence-corrected chi connectivity index (χ4v) is 3.27. The third-order valence-corrected chi connectivity index (χ3v) is 5.47. The van der Waals surface area contributed by atoms with Crippen molar-refractivity contribution in [3.05, 3.63) is 11.3 Å². The molecule has 0 radical (unpaired) electrons. The number of aryl methyl sites for hydroxylation is 2. The Balaban J connectivity index is 2.23. The van der Waals surface area contributed by atoms with Crippen molar-refractivity contribution in [1.29, 1.82) is 0 Å². The zero-order valence-corrected chi connectivity index (χ0v) is 12.0. The van der Waals surface area contributed by atoms with E-state index in [4.69, 9.17) is 5.73 Å². The van der Waals surface area contributed by atoms with Gasteiger partial charge >= 0.3 is 0 Å². The first kappa shape index (κ1) is 13.4. The van der Waals surface area contributed by atoms with Gasteiger partial charge in [-0.1, -0.05) is 20.8 Å². The number of aromatic nitrogens is 2. The summed E-state index contributed by atoms with van der Waals surface area (Å²) < 4.78 is 24.7. The van der Waals surface area contributed by atoms with Gasteiger partial charge in [-0.25, -0.2) is 13.1 Å². The van der Waals surface area contributed by atoms with Crippen molar-refractivity contribution in [2.24, 2.45) is 0 Å². The van der Waals surface area contributed by atoms with Gasteiger partial charge in [0.15, 0.2) is 9.84 Å². The molecule has 1 aromatic rings. The highest BCUT2D eigenvalue weighted by atomic mass is 32.2. The zero-order chi connectivity index (χ0) is 13.6. The summed E-state index contributed by atoms with van der Waals surface area (Å²) in [5.74, 6) is 0.910. The molecule has 0 aliphatic heterocycles. The Bertz CT molecular complexity index is 558. The number of nitrogens with two attached hydrogens (primary N) is 1. The van der Waals surface area contributed by atoms with E-state index in [-0.39, 0.29) is 16.9 Å². The van der Waals surface area contributed by atoms with Crippen molar-refractivity contribution in [3.63, 3.8) is 0 Å². The van der Waals surface area contributed by atoms with Gasteiger partial charge in [0.1, 0.15) is 5.82 Å². The minimum Gasteiger partial charge on any atom is -0.384 e. The monoisotopic (exact) mass is 271 g/mol.